The molecule has 1 amide bonds. The topological polar surface area (TPSA) is 49.8 Å². The molecule has 4 heteroatoms. The van der Waals surface area contributed by atoms with Gasteiger partial charge in [0, 0.05) is 12.6 Å². The van der Waals surface area contributed by atoms with E-state index in [0.29, 0.717) is 32.4 Å². The maximum Gasteiger partial charge on any atom is 0.410 e. The molecule has 1 heterocycles. The molecule has 0 aromatic heterocycles. The summed E-state index contributed by atoms with van der Waals surface area (Å²) in [6.07, 6.45) is 3.14. The number of amides is 1. The van der Waals surface area contributed by atoms with E-state index in [2.05, 4.69) is 6.58 Å². The summed E-state index contributed by atoms with van der Waals surface area (Å²) in [7, 11) is 0. The molecular formula is C11H19NO3. The third-order valence-electron chi connectivity index (χ3n) is 2.63. The molecule has 0 aromatic carbocycles. The number of aliphatic hydroxyl groups is 1. The number of rotatable bonds is 3. The van der Waals surface area contributed by atoms with E-state index >= 15 is 0 Å². The van der Waals surface area contributed by atoms with E-state index in [0.717, 1.165) is 0 Å². The highest BCUT2D eigenvalue weighted by Crippen LogP contribution is 2.21. The van der Waals surface area contributed by atoms with Gasteiger partial charge in [-0.2, -0.15) is 0 Å². The minimum Gasteiger partial charge on any atom is -0.450 e. The highest BCUT2D eigenvalue weighted by molar-refractivity contribution is 5.68. The molecule has 1 rings (SSSR count). The largest absolute Gasteiger partial charge is 0.450 e. The van der Waals surface area contributed by atoms with Crippen molar-refractivity contribution in [2.24, 2.45) is 0 Å². The zero-order valence-corrected chi connectivity index (χ0v) is 9.19. The zero-order chi connectivity index (χ0) is 11.3. The number of nitrogens with zero attached hydrogens (tertiary/aromatic N) is 1. The highest BCUT2D eigenvalue weighted by Gasteiger charge is 2.30. The van der Waals surface area contributed by atoms with Gasteiger partial charge in [-0.25, -0.2) is 4.79 Å². The van der Waals surface area contributed by atoms with Crippen molar-refractivity contribution in [3.63, 3.8) is 0 Å². The minimum absolute atomic E-state index is 0.0327. The average Bonchev–Trinajstić information content (AvgIpc) is 2.18. The predicted octanol–water partition coefficient (Wildman–Crippen LogP) is 1.54. The fourth-order valence-electron chi connectivity index (χ4n) is 1.89. The Morgan fingerprint density at radius 1 is 1.73 bits per heavy atom. The number of hydrogen-bond donors (Lipinski definition) is 1. The first kappa shape index (κ1) is 12.0. The molecule has 2 unspecified atom stereocenters. The van der Waals surface area contributed by atoms with Gasteiger partial charge in [0.2, 0.25) is 0 Å². The Morgan fingerprint density at radius 3 is 3.07 bits per heavy atom. The normalized spacial score (nSPS) is 26.1. The third-order valence-corrected chi connectivity index (χ3v) is 2.63. The molecule has 1 aliphatic rings. The smallest absolute Gasteiger partial charge is 0.410 e. The van der Waals surface area contributed by atoms with Crippen LogP contribution >= 0.6 is 0 Å². The van der Waals surface area contributed by atoms with Gasteiger partial charge in [0.25, 0.3) is 0 Å². The van der Waals surface area contributed by atoms with Crippen LogP contribution in [0.2, 0.25) is 0 Å². The molecule has 86 valence electrons. The summed E-state index contributed by atoms with van der Waals surface area (Å²) >= 11 is 0. The van der Waals surface area contributed by atoms with Crippen LogP contribution in [0.3, 0.4) is 0 Å². The zero-order valence-electron chi connectivity index (χ0n) is 9.19. The van der Waals surface area contributed by atoms with Crippen molar-refractivity contribution in [3.8, 4) is 0 Å². The van der Waals surface area contributed by atoms with Gasteiger partial charge in [0.15, 0.2) is 0 Å². The molecule has 2 atom stereocenters. The molecule has 1 fully saturated rings. The average molecular weight is 213 g/mol. The first-order valence-corrected chi connectivity index (χ1v) is 5.41. The number of piperidine rings is 1. The van der Waals surface area contributed by atoms with Crippen molar-refractivity contribution in [3.05, 3.63) is 12.7 Å². The molecule has 1 saturated heterocycles. The maximum atomic E-state index is 11.6. The Hall–Kier alpha value is -1.03. The SMILES string of the molecule is C=CCC1CC(O)CCN1C(=O)OCC. The van der Waals surface area contributed by atoms with Crippen LogP contribution in [0.15, 0.2) is 12.7 Å². The van der Waals surface area contributed by atoms with E-state index in [4.69, 9.17) is 4.74 Å². The predicted molar refractivity (Wildman–Crippen MR) is 57.6 cm³/mol. The van der Waals surface area contributed by atoms with E-state index in [1.165, 1.54) is 0 Å². The second-order valence-electron chi connectivity index (χ2n) is 3.75. The second kappa shape index (κ2) is 5.75. The second-order valence-corrected chi connectivity index (χ2v) is 3.75. The first-order valence-electron chi connectivity index (χ1n) is 5.41. The van der Waals surface area contributed by atoms with Crippen molar-refractivity contribution in [2.45, 2.75) is 38.3 Å². The lowest BCUT2D eigenvalue weighted by molar-refractivity contribution is 0.0316. The summed E-state index contributed by atoms with van der Waals surface area (Å²) in [6, 6.07) is 0.0327. The van der Waals surface area contributed by atoms with Gasteiger partial charge in [-0.1, -0.05) is 6.08 Å². The van der Waals surface area contributed by atoms with Crippen LogP contribution < -0.4 is 0 Å². The van der Waals surface area contributed by atoms with Crippen LogP contribution in [0.1, 0.15) is 26.2 Å². The summed E-state index contributed by atoms with van der Waals surface area (Å²) in [5.74, 6) is 0. The number of likely N-dealkylation sites (tertiary alicyclic amines) is 1. The Morgan fingerprint density at radius 2 is 2.47 bits per heavy atom. The van der Waals surface area contributed by atoms with Crippen molar-refractivity contribution in [1.82, 2.24) is 4.90 Å². The summed E-state index contributed by atoms with van der Waals surface area (Å²) < 4.78 is 4.96. The van der Waals surface area contributed by atoms with Gasteiger partial charge >= 0.3 is 6.09 Å². The molecule has 0 spiro atoms. The van der Waals surface area contributed by atoms with Crippen LogP contribution in [-0.4, -0.2) is 41.4 Å². The van der Waals surface area contributed by atoms with Gasteiger partial charge in [0.05, 0.1) is 12.7 Å². The number of ether oxygens (including phenoxy) is 1. The van der Waals surface area contributed by atoms with Gasteiger partial charge in [-0.15, -0.1) is 6.58 Å². The Labute approximate surface area is 90.5 Å². The van der Waals surface area contributed by atoms with Crippen LogP contribution in [0.25, 0.3) is 0 Å². The standard InChI is InChI=1S/C11H19NO3/c1-3-5-9-8-10(13)6-7-12(9)11(14)15-4-2/h3,9-10,13H,1,4-8H2,2H3. The van der Waals surface area contributed by atoms with Gasteiger partial charge in [-0.05, 0) is 26.2 Å². The Kier molecular flexibility index (Phi) is 4.62. The number of hydrogen-bond acceptors (Lipinski definition) is 3. The quantitative estimate of drug-likeness (QED) is 0.723. The van der Waals surface area contributed by atoms with E-state index in [9.17, 15) is 9.90 Å². The lowest BCUT2D eigenvalue weighted by Crippen LogP contribution is -2.47. The van der Waals surface area contributed by atoms with Gasteiger partial charge in [0.1, 0.15) is 0 Å². The van der Waals surface area contributed by atoms with Gasteiger partial charge < -0.3 is 14.7 Å². The minimum atomic E-state index is -0.305. The van der Waals surface area contributed by atoms with Crippen molar-refractivity contribution in [1.29, 1.82) is 0 Å². The molecule has 0 radical (unpaired) electrons. The van der Waals surface area contributed by atoms with Crippen LogP contribution in [0.5, 0.6) is 0 Å². The number of carbonyl (C=O) groups excluding carboxylic acids is 1. The monoisotopic (exact) mass is 213 g/mol. The fraction of sp³-hybridized carbons (Fsp3) is 0.727. The van der Waals surface area contributed by atoms with Crippen LogP contribution in [0, 0.1) is 0 Å². The van der Waals surface area contributed by atoms with Crippen molar-refractivity contribution < 1.29 is 14.6 Å². The molecular weight excluding hydrogens is 194 g/mol. The Balaban J connectivity index is 2.58. The summed E-state index contributed by atoms with van der Waals surface area (Å²) in [6.45, 7) is 6.41. The number of carbonyl (C=O) groups is 1. The molecule has 0 aliphatic carbocycles. The van der Waals surface area contributed by atoms with E-state index < -0.39 is 0 Å². The third kappa shape index (κ3) is 3.23. The molecule has 15 heavy (non-hydrogen) atoms. The molecule has 1 aliphatic heterocycles. The van der Waals surface area contributed by atoms with E-state index in [1.807, 2.05) is 0 Å². The summed E-state index contributed by atoms with van der Waals surface area (Å²) in [5.41, 5.74) is 0. The van der Waals surface area contributed by atoms with Gasteiger partial charge in [-0.3, -0.25) is 0 Å². The van der Waals surface area contributed by atoms with E-state index in [1.54, 1.807) is 17.9 Å². The summed E-state index contributed by atoms with van der Waals surface area (Å²) in [5, 5.41) is 9.52. The van der Waals surface area contributed by atoms with Crippen LogP contribution in [-0.2, 0) is 4.74 Å². The van der Waals surface area contributed by atoms with E-state index in [-0.39, 0.29) is 18.2 Å². The van der Waals surface area contributed by atoms with Crippen molar-refractivity contribution >= 4 is 6.09 Å². The molecule has 4 nitrogen and oxygen atoms in total. The maximum absolute atomic E-state index is 11.6. The molecule has 1 N–H and O–H groups in total. The highest BCUT2D eigenvalue weighted by atomic mass is 16.6. The fourth-order valence-corrected chi connectivity index (χ4v) is 1.89. The molecule has 0 saturated carbocycles. The lowest BCUT2D eigenvalue weighted by Gasteiger charge is -2.36. The van der Waals surface area contributed by atoms with Crippen LogP contribution in [0.4, 0.5) is 4.79 Å². The molecule has 0 bridgehead atoms. The summed E-state index contributed by atoms with van der Waals surface area (Å²) in [4.78, 5) is 13.3. The number of aliphatic hydroxyl groups excluding tert-OH is 1. The molecule has 0 aromatic rings. The van der Waals surface area contributed by atoms with Crippen molar-refractivity contribution in [2.75, 3.05) is 13.2 Å². The first-order chi connectivity index (χ1) is 7.19. The lowest BCUT2D eigenvalue weighted by atomic mass is 9.97. The Bertz CT molecular complexity index is 230.